The number of allylic oxidation sites excluding steroid dienone is 4. The van der Waals surface area contributed by atoms with Gasteiger partial charge >= 0.3 is 5.97 Å². The monoisotopic (exact) mass is 1210 g/mol. The number of ether oxygens (including phenoxy) is 7. The Morgan fingerprint density at radius 1 is 0.882 bits per heavy atom. The van der Waals surface area contributed by atoms with Crippen LogP contribution in [0.15, 0.2) is 23.6 Å². The van der Waals surface area contributed by atoms with Crippen molar-refractivity contribution in [2.24, 2.45) is 46.3 Å². The number of carbonyl (C=O) groups excluding carboxylic acids is 4. The average Bonchev–Trinajstić information content (AvgIpc) is 1.66. The summed E-state index contributed by atoms with van der Waals surface area (Å²) in [5.41, 5.74) is -14.1. The third-order valence-electron chi connectivity index (χ3n) is 22.2. The van der Waals surface area contributed by atoms with Crippen LogP contribution in [0.5, 0.6) is 0 Å². The predicted octanol–water partition coefficient (Wildman–Crippen LogP) is 3.46. The first-order valence-corrected chi connectivity index (χ1v) is 30.7. The van der Waals surface area contributed by atoms with Gasteiger partial charge in [-0.1, -0.05) is 40.7 Å². The van der Waals surface area contributed by atoms with E-state index in [9.17, 15) is 49.8 Å². The molecule has 85 heavy (non-hydrogen) atoms. The number of halogens is 2. The maximum absolute atomic E-state index is 17.8. The first-order chi connectivity index (χ1) is 39.3. The molecule has 0 aromatic heterocycles. The number of methoxy groups -OCH3 is 2. The molecule has 2 amide bonds. The fourth-order valence-electron chi connectivity index (χ4n) is 16.5. The van der Waals surface area contributed by atoms with Crippen molar-refractivity contribution in [3.8, 4) is 0 Å². The second-order valence-electron chi connectivity index (χ2n) is 27.8. The number of ketones is 1. The van der Waals surface area contributed by atoms with E-state index in [1.807, 2.05) is 25.9 Å². The quantitative estimate of drug-likeness (QED) is 0.0889. The number of likely N-dealkylation sites (N-methyl/N-ethyl adjacent to an activating group) is 1. The van der Waals surface area contributed by atoms with Crippen LogP contribution in [-0.2, 0) is 52.3 Å². The second-order valence-corrected chi connectivity index (χ2v) is 27.8. The van der Waals surface area contributed by atoms with E-state index in [0.717, 1.165) is 0 Å². The highest BCUT2D eigenvalue weighted by Crippen LogP contribution is 2.71. The Morgan fingerprint density at radius 2 is 1.54 bits per heavy atom. The van der Waals surface area contributed by atoms with Crippen LogP contribution in [0.4, 0.5) is 8.78 Å². The van der Waals surface area contributed by atoms with E-state index in [1.165, 1.54) is 40.2 Å². The van der Waals surface area contributed by atoms with Crippen molar-refractivity contribution in [2.75, 3.05) is 47.9 Å². The summed E-state index contributed by atoms with van der Waals surface area (Å²) in [6, 6.07) is -1.37. The number of aliphatic hydroxyl groups excluding tert-OH is 3. The highest BCUT2D eigenvalue weighted by molar-refractivity contribution is 5.94. The van der Waals surface area contributed by atoms with Crippen molar-refractivity contribution in [3.05, 3.63) is 23.6 Å². The lowest BCUT2D eigenvalue weighted by molar-refractivity contribution is -0.336. The van der Waals surface area contributed by atoms with Gasteiger partial charge in [-0.05, 0) is 125 Å². The van der Waals surface area contributed by atoms with Gasteiger partial charge in [0, 0.05) is 87.7 Å². The van der Waals surface area contributed by atoms with Gasteiger partial charge in [-0.25, -0.2) is 8.78 Å². The first-order valence-electron chi connectivity index (χ1n) is 30.7. The zero-order chi connectivity index (χ0) is 63.7. The molecule has 26 atom stereocenters. The lowest BCUT2D eigenvalue weighted by Gasteiger charge is -2.62. The molecular formula is C62H102F2N4O17. The van der Waals surface area contributed by atoms with Crippen LogP contribution in [0, 0.1) is 46.3 Å². The number of alkyl halides is 1. The van der Waals surface area contributed by atoms with Crippen LogP contribution in [0.1, 0.15) is 141 Å². The number of hydrogen-bond acceptors (Lipinski definition) is 19. The fourth-order valence-corrected chi connectivity index (χ4v) is 16.5. The van der Waals surface area contributed by atoms with Crippen LogP contribution in [0.3, 0.4) is 0 Å². The Kier molecular flexibility index (Phi) is 20.6. The summed E-state index contributed by atoms with van der Waals surface area (Å²) in [5.74, 6) is -8.35. The highest BCUT2D eigenvalue weighted by atomic mass is 19.1. The molecule has 3 saturated heterocycles. The zero-order valence-corrected chi connectivity index (χ0v) is 53.2. The lowest BCUT2D eigenvalue weighted by atomic mass is 9.45. The summed E-state index contributed by atoms with van der Waals surface area (Å²) in [5, 5.41) is 81.2. The molecule has 9 N–H and O–H groups in total. The van der Waals surface area contributed by atoms with Gasteiger partial charge in [-0.15, -0.1) is 0 Å². The maximum atomic E-state index is 17.8. The number of amides is 2. The number of nitrogens with one attached hydrogen (secondary N) is 3. The maximum Gasteiger partial charge on any atom is 0.311 e. The normalized spacial score (nSPS) is 49.2. The van der Waals surface area contributed by atoms with Gasteiger partial charge in [0.2, 0.25) is 5.91 Å². The minimum atomic E-state index is -2.37. The van der Waals surface area contributed by atoms with E-state index < -0.39 is 165 Å². The molecule has 2 saturated carbocycles. The molecule has 23 heteroatoms. The zero-order valence-electron chi connectivity index (χ0n) is 53.2. The summed E-state index contributed by atoms with van der Waals surface area (Å²) in [7, 11) is 6.59. The van der Waals surface area contributed by atoms with Crippen molar-refractivity contribution in [2.45, 2.75) is 249 Å². The standard InChI is InChI=1S/C62H102F2N4O17/c1-18-45-59(13,76)49(72)36(7)67-51(73)31(2)27-57(11,79-16)50(85-53-47(71)43(68(14)15)24-33(4)81-53)34(5)48(35(6)52(74)83-45)84-46-29-58(12,80-17)60(77,37(8)82-46)30-65-21-22-66-54(75)62(78)32(3)23-39-40-26-42(63)41-25-38(69)19-20-55(41,9)61(40,64)44(70)28-56(39,62)10/h19-20,31-37,39-40,43-50,53,65,70-72,76-78H,18,21-30H2,1-17H3,(H,66,75)(H,67,73)/t31-,32-,33-,34+,35-,36-,37+,39?,40?,43+,44+,45-,46+,47-,48+,49-,50?,53+,55+,56+,57-,58-,59-,60+,61+,62+/m1/s1. The minimum absolute atomic E-state index is 0.0141. The molecule has 3 unspecified atom stereocenters. The van der Waals surface area contributed by atoms with Gasteiger partial charge in [0.05, 0.1) is 48.1 Å². The Morgan fingerprint density at radius 3 is 2.15 bits per heavy atom. The van der Waals surface area contributed by atoms with E-state index in [1.54, 1.807) is 69.2 Å². The van der Waals surface area contributed by atoms with Crippen molar-refractivity contribution in [1.29, 1.82) is 0 Å². The van der Waals surface area contributed by atoms with Gasteiger partial charge in [0.15, 0.2) is 29.6 Å². The molecule has 0 aromatic rings. The summed E-state index contributed by atoms with van der Waals surface area (Å²) < 4.78 is 79.3. The molecule has 0 bridgehead atoms. The number of nitrogens with zero attached hydrogens (tertiary/aromatic N) is 1. The van der Waals surface area contributed by atoms with Crippen LogP contribution in [-0.4, -0.2) is 214 Å². The summed E-state index contributed by atoms with van der Waals surface area (Å²) in [6.45, 7) is 21.3. The highest BCUT2D eigenvalue weighted by Gasteiger charge is 2.76. The van der Waals surface area contributed by atoms with E-state index >= 15 is 8.78 Å². The topological polar surface area (TPSA) is 294 Å². The lowest BCUT2D eigenvalue weighted by Crippen LogP contribution is -2.70. The molecule has 5 fully saturated rings. The van der Waals surface area contributed by atoms with Crippen molar-refractivity contribution < 1.29 is 91.8 Å². The second kappa shape index (κ2) is 25.3. The minimum Gasteiger partial charge on any atom is -0.459 e. The van der Waals surface area contributed by atoms with Crippen LogP contribution < -0.4 is 16.0 Å². The van der Waals surface area contributed by atoms with E-state index in [4.69, 9.17) is 33.2 Å². The van der Waals surface area contributed by atoms with Gasteiger partial charge in [-0.2, -0.15) is 0 Å². The number of carbonyl (C=O) groups is 4. The smallest absolute Gasteiger partial charge is 0.311 e. The third-order valence-corrected chi connectivity index (χ3v) is 22.2. The van der Waals surface area contributed by atoms with E-state index in [0.29, 0.717) is 6.42 Å². The SMILES string of the molecule is CC[C@H]1OC(=O)[C@H](C)[C@@H](O[C@H]2C[C@@](C)(OC)[C@](O)(CNCCNC(=O)[C@@]3(O)[C@H](C)CC4C5CC(F)=C6CC(=O)C=C[C@]6(C)[C@@]5(F)[C@@H](O)C[C@@]43C)[C@H](C)O2)[C@H](C)C(O[C@@H]2O[C@H](C)C[C@H](N(C)C)[C@H]2O)[C@](C)(OC)C[C@@H](C)C(=O)N[C@H](C)[C@@H](O)[C@]1(C)O. The van der Waals surface area contributed by atoms with Crippen LogP contribution in [0.2, 0.25) is 0 Å². The molecule has 0 spiro atoms. The van der Waals surface area contributed by atoms with Crippen molar-refractivity contribution in [3.63, 3.8) is 0 Å². The Bertz CT molecular complexity index is 2510. The van der Waals surface area contributed by atoms with Gasteiger partial charge in [-0.3, -0.25) is 19.2 Å². The Balaban J connectivity index is 1.11. The molecule has 0 aromatic carbocycles. The molecule has 7 rings (SSSR count). The van der Waals surface area contributed by atoms with Crippen LogP contribution >= 0.6 is 0 Å². The molecule has 3 heterocycles. The van der Waals surface area contributed by atoms with Gasteiger partial charge in [0.1, 0.15) is 40.9 Å². The first kappa shape index (κ1) is 69.3. The molecule has 3 aliphatic heterocycles. The van der Waals surface area contributed by atoms with Crippen molar-refractivity contribution >= 4 is 23.6 Å². The number of rotatable bonds is 14. The van der Waals surface area contributed by atoms with E-state index in [-0.39, 0.29) is 88.1 Å². The molecule has 21 nitrogen and oxygen atoms in total. The Hall–Kier alpha value is -3.14. The largest absolute Gasteiger partial charge is 0.459 e. The summed E-state index contributed by atoms with van der Waals surface area (Å²) in [4.78, 5) is 57.4. The van der Waals surface area contributed by atoms with E-state index in [2.05, 4.69) is 16.0 Å². The predicted molar refractivity (Wildman–Crippen MR) is 307 cm³/mol. The summed E-state index contributed by atoms with van der Waals surface area (Å²) in [6.07, 6.45) is -9.54. The third kappa shape index (κ3) is 11.9. The molecule has 4 aliphatic carbocycles. The van der Waals surface area contributed by atoms with Gasteiger partial charge in [0.25, 0.3) is 5.91 Å². The molecule has 7 aliphatic rings. The van der Waals surface area contributed by atoms with Crippen LogP contribution in [0.25, 0.3) is 0 Å². The van der Waals surface area contributed by atoms with Crippen molar-refractivity contribution in [1.82, 2.24) is 20.9 Å². The molecule has 0 radical (unpaired) electrons. The molecule has 486 valence electrons. The summed E-state index contributed by atoms with van der Waals surface area (Å²) >= 11 is 0. The fraction of sp³-hybridized carbons (Fsp3) is 0.871. The average molecular weight is 1210 g/mol. The number of cyclic esters (lactones) is 1. The molecular weight excluding hydrogens is 1110 g/mol. The number of esters is 1. The number of hydrogen-bond donors (Lipinski definition) is 9. The van der Waals surface area contributed by atoms with Gasteiger partial charge < -0.3 is 84.6 Å². The number of aliphatic hydroxyl groups is 6. The number of fused-ring (bicyclic) bond motifs is 5. The Labute approximate surface area is 501 Å².